The van der Waals surface area contributed by atoms with Crippen LogP contribution in [-0.4, -0.2) is 28.7 Å². The highest BCUT2D eigenvalue weighted by Crippen LogP contribution is 2.34. The zero-order chi connectivity index (χ0) is 17.3. The summed E-state index contributed by atoms with van der Waals surface area (Å²) in [6.45, 7) is 2.03. The van der Waals surface area contributed by atoms with Crippen molar-refractivity contribution in [1.82, 2.24) is 4.98 Å². The van der Waals surface area contributed by atoms with E-state index in [0.717, 1.165) is 6.42 Å². The Kier molecular flexibility index (Phi) is 4.24. The normalized spacial score (nSPS) is 23.2. The van der Waals surface area contributed by atoms with E-state index in [1.165, 1.54) is 31.5 Å². The summed E-state index contributed by atoms with van der Waals surface area (Å²) in [5.74, 6) is -0.757. The number of allylic oxidation sites excluding steroid dienone is 1. The number of pyridine rings is 1. The van der Waals surface area contributed by atoms with E-state index >= 15 is 0 Å². The zero-order valence-corrected chi connectivity index (χ0v) is 13.5. The van der Waals surface area contributed by atoms with Gasteiger partial charge in [-0.2, -0.15) is 0 Å². The Morgan fingerprint density at radius 3 is 2.92 bits per heavy atom. The van der Waals surface area contributed by atoms with Gasteiger partial charge in [-0.1, -0.05) is 13.0 Å². The van der Waals surface area contributed by atoms with Crippen molar-refractivity contribution >= 4 is 22.5 Å². The van der Waals surface area contributed by atoms with E-state index < -0.39 is 17.3 Å². The maximum Gasteiger partial charge on any atom is 0.260 e. The lowest BCUT2D eigenvalue weighted by molar-refractivity contribution is -0.130. The highest BCUT2D eigenvalue weighted by atomic mass is 19.1. The monoisotopic (exact) mass is 330 g/mol. The Hall–Kier alpha value is -2.47. The molecule has 2 atom stereocenters. The second kappa shape index (κ2) is 6.20. The smallest absolute Gasteiger partial charge is 0.260 e. The number of carbonyl (C=O) groups excluding carboxylic acids is 1. The molecular weight excluding hydrogens is 311 g/mol. The molecule has 1 aromatic carbocycles. The number of anilines is 1. The first-order chi connectivity index (χ1) is 11.4. The number of aromatic nitrogens is 1. The van der Waals surface area contributed by atoms with E-state index in [9.17, 15) is 14.3 Å². The minimum atomic E-state index is -1.57. The van der Waals surface area contributed by atoms with Crippen molar-refractivity contribution in [2.45, 2.75) is 25.4 Å². The Morgan fingerprint density at radius 1 is 1.46 bits per heavy atom. The summed E-state index contributed by atoms with van der Waals surface area (Å²) < 4.78 is 19.1. The second-order valence-electron chi connectivity index (χ2n) is 6.09. The van der Waals surface area contributed by atoms with Crippen molar-refractivity contribution in [3.63, 3.8) is 0 Å². The minimum absolute atomic E-state index is 0.00991. The quantitative estimate of drug-likeness (QED) is 0.849. The van der Waals surface area contributed by atoms with Crippen LogP contribution in [-0.2, 0) is 4.79 Å². The number of rotatable bonds is 3. The predicted molar refractivity (Wildman–Crippen MR) is 89.4 cm³/mol. The molecule has 0 unspecified atom stereocenters. The van der Waals surface area contributed by atoms with Gasteiger partial charge in [0.1, 0.15) is 0 Å². The second-order valence-corrected chi connectivity index (χ2v) is 6.09. The average molecular weight is 330 g/mol. The fourth-order valence-corrected chi connectivity index (χ4v) is 2.86. The largest absolute Gasteiger partial charge is 0.493 e. The summed E-state index contributed by atoms with van der Waals surface area (Å²) in [5, 5.41) is 13.6. The SMILES string of the molecule is COc1c(F)ccc2nccc(NC(=O)[C@@]3(O)C=C[C@H](C)CC3)c12. The summed E-state index contributed by atoms with van der Waals surface area (Å²) in [6, 6.07) is 4.33. The Morgan fingerprint density at radius 2 is 2.25 bits per heavy atom. The van der Waals surface area contributed by atoms with Crippen molar-refractivity contribution in [3.8, 4) is 5.75 Å². The summed E-state index contributed by atoms with van der Waals surface area (Å²) in [7, 11) is 1.36. The van der Waals surface area contributed by atoms with Crippen LogP contribution in [0.2, 0.25) is 0 Å². The first-order valence-corrected chi connectivity index (χ1v) is 7.79. The molecule has 5 nitrogen and oxygen atoms in total. The molecule has 126 valence electrons. The maximum absolute atomic E-state index is 14.0. The molecule has 24 heavy (non-hydrogen) atoms. The van der Waals surface area contributed by atoms with Crippen molar-refractivity contribution in [2.24, 2.45) is 5.92 Å². The standard InChI is InChI=1S/C18H19FN2O3/c1-11-5-8-18(23,9-6-11)17(22)21-14-7-10-20-13-4-3-12(19)16(24-2)15(13)14/h3-5,7-8,10-11,23H,6,9H2,1-2H3,(H,20,21,22)/t11-,18+/m0/s1. The van der Waals surface area contributed by atoms with Crippen molar-refractivity contribution in [2.75, 3.05) is 12.4 Å². The fourth-order valence-electron chi connectivity index (χ4n) is 2.86. The molecule has 0 saturated carbocycles. The number of benzene rings is 1. The molecule has 0 aliphatic heterocycles. The van der Waals surface area contributed by atoms with Gasteiger partial charge in [0.15, 0.2) is 17.2 Å². The Labute approximate surface area is 139 Å². The minimum Gasteiger partial charge on any atom is -0.493 e. The highest BCUT2D eigenvalue weighted by molar-refractivity contribution is 6.06. The molecular formula is C18H19FN2O3. The van der Waals surface area contributed by atoms with Crippen LogP contribution in [0.1, 0.15) is 19.8 Å². The predicted octanol–water partition coefficient (Wildman–Crippen LogP) is 3.04. The molecule has 2 N–H and O–H groups in total. The Balaban J connectivity index is 2.00. The van der Waals surface area contributed by atoms with Crippen LogP contribution in [0.15, 0.2) is 36.5 Å². The molecule has 3 rings (SSSR count). The van der Waals surface area contributed by atoms with Crippen LogP contribution < -0.4 is 10.1 Å². The lowest BCUT2D eigenvalue weighted by Crippen LogP contribution is -2.43. The van der Waals surface area contributed by atoms with E-state index in [2.05, 4.69) is 10.3 Å². The maximum atomic E-state index is 14.0. The van der Waals surface area contributed by atoms with Crippen LogP contribution in [0.3, 0.4) is 0 Å². The number of nitrogens with zero attached hydrogens (tertiary/aromatic N) is 1. The number of methoxy groups -OCH3 is 1. The molecule has 0 radical (unpaired) electrons. The number of aliphatic hydroxyl groups is 1. The molecule has 6 heteroatoms. The Bertz CT molecular complexity index is 821. The molecule has 1 amide bonds. The molecule has 0 bridgehead atoms. The summed E-state index contributed by atoms with van der Waals surface area (Å²) >= 11 is 0. The average Bonchev–Trinajstić information content (AvgIpc) is 2.58. The van der Waals surface area contributed by atoms with E-state index in [1.54, 1.807) is 6.07 Å². The highest BCUT2D eigenvalue weighted by Gasteiger charge is 2.35. The van der Waals surface area contributed by atoms with Gasteiger partial charge in [0.05, 0.1) is 23.7 Å². The molecule has 1 heterocycles. The summed E-state index contributed by atoms with van der Waals surface area (Å²) in [6.07, 6.45) is 5.92. The van der Waals surface area contributed by atoms with Crippen LogP contribution in [0.5, 0.6) is 5.75 Å². The lowest BCUT2D eigenvalue weighted by Gasteiger charge is -2.28. The van der Waals surface area contributed by atoms with E-state index in [0.29, 0.717) is 28.9 Å². The number of hydrogen-bond acceptors (Lipinski definition) is 4. The first-order valence-electron chi connectivity index (χ1n) is 7.79. The number of nitrogens with one attached hydrogen (secondary N) is 1. The molecule has 1 aromatic heterocycles. The van der Waals surface area contributed by atoms with Gasteiger partial charge in [-0.05, 0) is 43.0 Å². The molecule has 0 spiro atoms. The van der Waals surface area contributed by atoms with Crippen LogP contribution in [0.25, 0.3) is 10.9 Å². The number of halogens is 1. The first kappa shape index (κ1) is 16.4. The third kappa shape index (κ3) is 2.85. The number of amides is 1. The molecule has 0 fully saturated rings. The fraction of sp³-hybridized carbons (Fsp3) is 0.333. The van der Waals surface area contributed by atoms with Gasteiger partial charge in [-0.3, -0.25) is 9.78 Å². The number of hydrogen-bond donors (Lipinski definition) is 2. The molecule has 0 saturated heterocycles. The van der Waals surface area contributed by atoms with Crippen molar-refractivity contribution in [1.29, 1.82) is 0 Å². The number of carbonyl (C=O) groups is 1. The molecule has 2 aromatic rings. The third-order valence-corrected chi connectivity index (χ3v) is 4.34. The van der Waals surface area contributed by atoms with E-state index in [1.807, 2.05) is 13.0 Å². The van der Waals surface area contributed by atoms with Crippen molar-refractivity contribution in [3.05, 3.63) is 42.4 Å². The van der Waals surface area contributed by atoms with Crippen LogP contribution >= 0.6 is 0 Å². The topological polar surface area (TPSA) is 71.5 Å². The van der Waals surface area contributed by atoms with Gasteiger partial charge in [-0.15, -0.1) is 0 Å². The number of ether oxygens (including phenoxy) is 1. The molecule has 1 aliphatic carbocycles. The lowest BCUT2D eigenvalue weighted by atomic mass is 9.85. The van der Waals surface area contributed by atoms with Gasteiger partial charge in [0.2, 0.25) is 0 Å². The van der Waals surface area contributed by atoms with Crippen LogP contribution in [0.4, 0.5) is 10.1 Å². The summed E-state index contributed by atoms with van der Waals surface area (Å²) in [4.78, 5) is 16.7. The van der Waals surface area contributed by atoms with Gasteiger partial charge in [0, 0.05) is 6.20 Å². The molecule has 1 aliphatic rings. The van der Waals surface area contributed by atoms with Gasteiger partial charge < -0.3 is 15.2 Å². The van der Waals surface area contributed by atoms with Gasteiger partial charge in [-0.25, -0.2) is 4.39 Å². The number of fused-ring (bicyclic) bond motifs is 1. The third-order valence-electron chi connectivity index (χ3n) is 4.34. The van der Waals surface area contributed by atoms with Crippen LogP contribution in [0, 0.1) is 11.7 Å². The van der Waals surface area contributed by atoms with E-state index in [-0.39, 0.29) is 5.75 Å². The van der Waals surface area contributed by atoms with Gasteiger partial charge in [0.25, 0.3) is 5.91 Å². The van der Waals surface area contributed by atoms with Crippen molar-refractivity contribution < 1.29 is 19.0 Å². The zero-order valence-electron chi connectivity index (χ0n) is 13.5. The van der Waals surface area contributed by atoms with Gasteiger partial charge >= 0.3 is 0 Å². The van der Waals surface area contributed by atoms with E-state index in [4.69, 9.17) is 4.74 Å². The summed E-state index contributed by atoms with van der Waals surface area (Å²) in [5.41, 5.74) is -0.726.